The van der Waals surface area contributed by atoms with Crippen molar-refractivity contribution in [1.82, 2.24) is 0 Å². The Morgan fingerprint density at radius 1 is 1.00 bits per heavy atom. The van der Waals surface area contributed by atoms with Crippen molar-refractivity contribution < 1.29 is 29.9 Å². The minimum atomic E-state index is -0.810. The molecule has 1 spiro atoms. The highest BCUT2D eigenvalue weighted by molar-refractivity contribution is 5.29. The van der Waals surface area contributed by atoms with Crippen LogP contribution in [-0.2, 0) is 9.47 Å². The molecule has 0 amide bonds. The van der Waals surface area contributed by atoms with Gasteiger partial charge in [-0.05, 0) is 68.6 Å². The Balaban J connectivity index is 1.33. The van der Waals surface area contributed by atoms with Crippen LogP contribution in [0, 0.1) is 40.4 Å². The van der Waals surface area contributed by atoms with Crippen molar-refractivity contribution in [2.75, 3.05) is 6.61 Å². The van der Waals surface area contributed by atoms with E-state index in [1.165, 1.54) is 5.57 Å². The molecule has 0 aromatic rings. The molecule has 3 saturated carbocycles. The fourth-order valence-electron chi connectivity index (χ4n) is 9.58. The molecule has 33 heavy (non-hydrogen) atoms. The van der Waals surface area contributed by atoms with Crippen LogP contribution in [0.15, 0.2) is 11.6 Å². The average Bonchev–Trinajstić information content (AvgIpc) is 3.19. The van der Waals surface area contributed by atoms with Gasteiger partial charge in [0.05, 0.1) is 36.6 Å². The molecule has 5 fully saturated rings. The first kappa shape index (κ1) is 22.9. The minimum absolute atomic E-state index is 0.00464. The number of fused-ring (bicyclic) bond motifs is 7. The molecule has 13 atom stereocenters. The summed E-state index contributed by atoms with van der Waals surface area (Å²) in [6.45, 7) is 8.84. The molecule has 6 heteroatoms. The summed E-state index contributed by atoms with van der Waals surface area (Å²) >= 11 is 0. The molecule has 2 heterocycles. The number of aliphatic hydroxyl groups is 4. The van der Waals surface area contributed by atoms with Gasteiger partial charge in [0, 0.05) is 23.7 Å². The van der Waals surface area contributed by atoms with Crippen molar-refractivity contribution >= 4 is 0 Å². The Hall–Kier alpha value is -0.500. The first-order chi connectivity index (χ1) is 15.4. The number of hydrogen-bond donors (Lipinski definition) is 4. The predicted octanol–water partition coefficient (Wildman–Crippen LogP) is 2.77. The van der Waals surface area contributed by atoms with Crippen LogP contribution in [-0.4, -0.2) is 62.8 Å². The molecule has 4 N–H and O–H groups in total. The summed E-state index contributed by atoms with van der Waals surface area (Å²) in [6, 6.07) is 0. The molecule has 186 valence electrons. The fraction of sp³-hybridized carbons (Fsp3) is 0.926. The van der Waals surface area contributed by atoms with E-state index in [-0.39, 0.29) is 59.2 Å². The summed E-state index contributed by atoms with van der Waals surface area (Å²) in [6.07, 6.45) is 5.95. The Morgan fingerprint density at radius 3 is 2.45 bits per heavy atom. The van der Waals surface area contributed by atoms with E-state index < -0.39 is 23.6 Å². The quantitative estimate of drug-likeness (QED) is 0.413. The third-order valence-electron chi connectivity index (χ3n) is 11.5. The summed E-state index contributed by atoms with van der Waals surface area (Å²) < 4.78 is 12.9. The summed E-state index contributed by atoms with van der Waals surface area (Å²) in [4.78, 5) is 0. The topological polar surface area (TPSA) is 99.4 Å². The lowest BCUT2D eigenvalue weighted by molar-refractivity contribution is -0.295. The molecule has 6 nitrogen and oxygen atoms in total. The Morgan fingerprint density at radius 2 is 1.76 bits per heavy atom. The second-order valence-corrected chi connectivity index (χ2v) is 13.2. The van der Waals surface area contributed by atoms with Crippen molar-refractivity contribution in [2.45, 2.75) is 108 Å². The average molecular weight is 463 g/mol. The molecule has 0 radical (unpaired) electrons. The van der Waals surface area contributed by atoms with Crippen LogP contribution in [0.25, 0.3) is 0 Å². The molecule has 0 unspecified atom stereocenters. The van der Waals surface area contributed by atoms with Crippen LogP contribution >= 0.6 is 0 Å². The highest BCUT2D eigenvalue weighted by atomic mass is 16.7. The van der Waals surface area contributed by atoms with Gasteiger partial charge in [-0.2, -0.15) is 0 Å². The van der Waals surface area contributed by atoms with Gasteiger partial charge in [-0.15, -0.1) is 0 Å². The Bertz CT molecular complexity index is 844. The third-order valence-corrected chi connectivity index (χ3v) is 11.5. The lowest BCUT2D eigenvalue weighted by Crippen LogP contribution is -2.60. The molecule has 2 saturated heterocycles. The van der Waals surface area contributed by atoms with Crippen molar-refractivity contribution in [2.24, 2.45) is 40.4 Å². The SMILES string of the molecule is C[C@H]1[C@H]2[C@H](C[C@H]3[C@@H]4[C@H](O)C=C5C[C@@H](O)CC[C@]5(C)[C@H]4C[C@@H](O)[C@]23C)O[C@]12CC[C@](C)(O)CO2. The van der Waals surface area contributed by atoms with Gasteiger partial charge in [0.2, 0.25) is 0 Å². The van der Waals surface area contributed by atoms with Gasteiger partial charge in [-0.3, -0.25) is 0 Å². The van der Waals surface area contributed by atoms with E-state index in [1.807, 2.05) is 13.0 Å². The van der Waals surface area contributed by atoms with E-state index in [4.69, 9.17) is 9.47 Å². The zero-order valence-corrected chi connectivity index (χ0v) is 20.5. The largest absolute Gasteiger partial charge is 0.393 e. The molecule has 0 aromatic carbocycles. The van der Waals surface area contributed by atoms with E-state index >= 15 is 0 Å². The maximum atomic E-state index is 11.8. The van der Waals surface area contributed by atoms with Crippen LogP contribution < -0.4 is 0 Å². The van der Waals surface area contributed by atoms with Crippen LogP contribution in [0.3, 0.4) is 0 Å². The number of aliphatic hydroxyl groups excluding tert-OH is 3. The Labute approximate surface area is 197 Å². The zero-order valence-electron chi connectivity index (χ0n) is 20.5. The molecular weight excluding hydrogens is 420 g/mol. The minimum Gasteiger partial charge on any atom is -0.393 e. The van der Waals surface area contributed by atoms with E-state index in [0.717, 1.165) is 19.3 Å². The molecule has 6 rings (SSSR count). The molecule has 2 aliphatic heterocycles. The molecule has 6 aliphatic rings. The van der Waals surface area contributed by atoms with E-state index in [1.54, 1.807) is 0 Å². The fourth-order valence-corrected chi connectivity index (χ4v) is 9.58. The molecular formula is C27H42O6. The highest BCUT2D eigenvalue weighted by Crippen LogP contribution is 2.70. The zero-order chi connectivity index (χ0) is 23.6. The maximum absolute atomic E-state index is 11.8. The second-order valence-electron chi connectivity index (χ2n) is 13.2. The number of hydrogen-bond acceptors (Lipinski definition) is 6. The number of ether oxygens (including phenoxy) is 2. The lowest BCUT2D eigenvalue weighted by atomic mass is 9.45. The van der Waals surface area contributed by atoms with Crippen molar-refractivity contribution in [3.8, 4) is 0 Å². The molecule has 0 bridgehead atoms. The van der Waals surface area contributed by atoms with Gasteiger partial charge in [0.1, 0.15) is 0 Å². The van der Waals surface area contributed by atoms with Crippen LogP contribution in [0.4, 0.5) is 0 Å². The first-order valence-corrected chi connectivity index (χ1v) is 13.2. The first-order valence-electron chi connectivity index (χ1n) is 13.2. The number of rotatable bonds is 0. The van der Waals surface area contributed by atoms with E-state index in [2.05, 4.69) is 20.8 Å². The van der Waals surface area contributed by atoms with Crippen LogP contribution in [0.2, 0.25) is 0 Å². The smallest absolute Gasteiger partial charge is 0.171 e. The highest BCUT2D eigenvalue weighted by Gasteiger charge is 2.72. The summed E-state index contributed by atoms with van der Waals surface area (Å²) in [7, 11) is 0. The van der Waals surface area contributed by atoms with Crippen LogP contribution in [0.5, 0.6) is 0 Å². The van der Waals surface area contributed by atoms with Crippen molar-refractivity contribution in [1.29, 1.82) is 0 Å². The summed E-state index contributed by atoms with van der Waals surface area (Å²) in [5.41, 5.74) is -0.0192. The van der Waals surface area contributed by atoms with Gasteiger partial charge >= 0.3 is 0 Å². The van der Waals surface area contributed by atoms with Gasteiger partial charge < -0.3 is 29.9 Å². The van der Waals surface area contributed by atoms with Gasteiger partial charge in [0.15, 0.2) is 5.79 Å². The maximum Gasteiger partial charge on any atom is 0.171 e. The van der Waals surface area contributed by atoms with Crippen molar-refractivity contribution in [3.05, 3.63) is 11.6 Å². The van der Waals surface area contributed by atoms with Crippen molar-refractivity contribution in [3.63, 3.8) is 0 Å². The van der Waals surface area contributed by atoms with E-state index in [9.17, 15) is 20.4 Å². The van der Waals surface area contributed by atoms with Crippen LogP contribution in [0.1, 0.15) is 72.6 Å². The van der Waals surface area contributed by atoms with E-state index in [0.29, 0.717) is 25.7 Å². The second kappa shape index (κ2) is 7.04. The monoisotopic (exact) mass is 462 g/mol. The summed E-state index contributed by atoms with van der Waals surface area (Å²) in [5, 5.41) is 43.8. The third kappa shape index (κ3) is 2.94. The van der Waals surface area contributed by atoms with Gasteiger partial charge in [-0.1, -0.05) is 32.4 Å². The van der Waals surface area contributed by atoms with Gasteiger partial charge in [-0.25, -0.2) is 0 Å². The Kier molecular flexibility index (Phi) is 4.89. The molecule has 4 aliphatic carbocycles. The standard InChI is InChI=1S/C27H42O6/c1-14-23-20(33-27(14)8-7-24(2,31)13-32-27)11-18-22-17(12-21(30)26(18,23)4)25(3)6-5-16(28)9-15(25)10-19(22)29/h10,14,16-23,28-31H,5-9,11-13H2,1-4H3/t14-,16-,17-,18-,19+,20-,21+,22+,23-,24-,25-,26+,27+/m0/s1. The van der Waals surface area contributed by atoms with Gasteiger partial charge in [0.25, 0.3) is 0 Å². The summed E-state index contributed by atoms with van der Waals surface area (Å²) in [5.74, 6) is 0.118. The predicted molar refractivity (Wildman–Crippen MR) is 122 cm³/mol. The lowest BCUT2D eigenvalue weighted by Gasteiger charge is -2.61. The molecule has 0 aromatic heterocycles. The normalized spacial score (nSPS) is 62.3.